The second-order valence-corrected chi connectivity index (χ2v) is 4.03. The molecule has 0 saturated heterocycles. The van der Waals surface area contributed by atoms with Gasteiger partial charge in [0.2, 0.25) is 0 Å². The lowest BCUT2D eigenvalue weighted by molar-refractivity contribution is 0.0315. The lowest BCUT2D eigenvalue weighted by atomic mass is 9.77. The molecule has 0 radical (unpaired) electrons. The number of hydrogen-bond acceptors (Lipinski definition) is 2. The average Bonchev–Trinajstić information content (AvgIpc) is 2.15. The number of fused-ring (bicyclic) bond motifs is 1. The zero-order valence-electron chi connectivity index (χ0n) is 8.36. The van der Waals surface area contributed by atoms with Gasteiger partial charge >= 0.3 is 0 Å². The Morgan fingerprint density at radius 3 is 2.64 bits per heavy atom. The summed E-state index contributed by atoms with van der Waals surface area (Å²) in [6.07, 6.45) is 1.63. The second-order valence-electron chi connectivity index (χ2n) is 4.03. The van der Waals surface area contributed by atoms with Crippen LogP contribution in [0.4, 0.5) is 0 Å². The maximum absolute atomic E-state index is 10.0. The summed E-state index contributed by atoms with van der Waals surface area (Å²) in [5.74, 6) is -0.0348. The smallest absolute Gasteiger partial charge is 0.125 e. The normalized spacial score (nSPS) is 30.8. The molecule has 0 amide bonds. The van der Waals surface area contributed by atoms with E-state index in [2.05, 4.69) is 0 Å². The third-order valence-corrected chi connectivity index (χ3v) is 3.12. The van der Waals surface area contributed by atoms with Crippen LogP contribution < -0.4 is 0 Å². The Balaban J connectivity index is 2.62. The summed E-state index contributed by atoms with van der Waals surface area (Å²) in [5.41, 5.74) is 0.924. The van der Waals surface area contributed by atoms with E-state index in [0.717, 1.165) is 11.1 Å². The molecule has 2 rings (SSSR count). The van der Waals surface area contributed by atoms with Crippen molar-refractivity contribution in [3.8, 4) is 0 Å². The molecule has 2 N–H and O–H groups in total. The third-order valence-electron chi connectivity index (χ3n) is 3.12. The minimum absolute atomic E-state index is 0.0451. The molecule has 0 aromatic heterocycles. The van der Waals surface area contributed by atoms with Crippen molar-refractivity contribution < 1.29 is 10.2 Å². The summed E-state index contributed by atoms with van der Waals surface area (Å²) in [4.78, 5) is 0. The molecule has 2 unspecified atom stereocenters. The third kappa shape index (κ3) is 1.15. The Labute approximate surface area is 83.5 Å². The summed E-state index contributed by atoms with van der Waals surface area (Å²) in [6, 6.07) is 7.80. The number of benzene rings is 1. The van der Waals surface area contributed by atoms with Crippen molar-refractivity contribution in [2.45, 2.75) is 25.4 Å². The van der Waals surface area contributed by atoms with Crippen molar-refractivity contribution in [3.05, 3.63) is 41.2 Å². The van der Waals surface area contributed by atoms with Gasteiger partial charge in [0.05, 0.1) is 0 Å². The van der Waals surface area contributed by atoms with E-state index < -0.39 is 5.60 Å². The highest BCUT2D eigenvalue weighted by molar-refractivity contribution is 5.62. The van der Waals surface area contributed by atoms with E-state index in [1.165, 1.54) is 0 Å². The van der Waals surface area contributed by atoms with Gasteiger partial charge in [-0.2, -0.15) is 0 Å². The molecule has 0 saturated carbocycles. The Bertz CT molecular complexity index is 391. The van der Waals surface area contributed by atoms with E-state index in [9.17, 15) is 10.2 Å². The largest absolute Gasteiger partial charge is 0.509 e. The van der Waals surface area contributed by atoms with Gasteiger partial charge in [0.15, 0.2) is 0 Å². The molecule has 0 heterocycles. The van der Waals surface area contributed by atoms with Crippen LogP contribution in [0.5, 0.6) is 0 Å². The van der Waals surface area contributed by atoms with E-state index >= 15 is 0 Å². The molecule has 0 bridgehead atoms. The fourth-order valence-electron chi connectivity index (χ4n) is 1.85. The molecular formula is C12H14O2. The molecular weight excluding hydrogens is 176 g/mol. The van der Waals surface area contributed by atoms with E-state index in [1.807, 2.05) is 31.2 Å². The van der Waals surface area contributed by atoms with Crippen LogP contribution in [-0.4, -0.2) is 15.8 Å². The Kier molecular flexibility index (Phi) is 1.89. The summed E-state index contributed by atoms with van der Waals surface area (Å²) in [7, 11) is 0. The second kappa shape index (κ2) is 2.85. The van der Waals surface area contributed by atoms with Crippen LogP contribution in [0.1, 0.15) is 30.9 Å². The number of hydrogen-bond donors (Lipinski definition) is 2. The number of rotatable bonds is 0. The lowest BCUT2D eigenvalue weighted by Gasteiger charge is -2.34. The van der Waals surface area contributed by atoms with Gasteiger partial charge in [-0.1, -0.05) is 31.2 Å². The summed E-state index contributed by atoms with van der Waals surface area (Å²) < 4.78 is 0. The molecule has 0 aliphatic heterocycles. The van der Waals surface area contributed by atoms with E-state index in [0.29, 0.717) is 0 Å². The molecule has 1 aromatic rings. The molecule has 0 spiro atoms. The van der Waals surface area contributed by atoms with Crippen molar-refractivity contribution in [1.29, 1.82) is 0 Å². The molecule has 2 atom stereocenters. The highest BCUT2D eigenvalue weighted by Crippen LogP contribution is 2.39. The Morgan fingerprint density at radius 1 is 1.29 bits per heavy atom. The van der Waals surface area contributed by atoms with Crippen LogP contribution in [-0.2, 0) is 0 Å². The summed E-state index contributed by atoms with van der Waals surface area (Å²) in [6.45, 7) is 3.56. The van der Waals surface area contributed by atoms with Crippen LogP contribution in [0.25, 0.3) is 6.08 Å². The predicted molar refractivity (Wildman–Crippen MR) is 56.1 cm³/mol. The fourth-order valence-corrected chi connectivity index (χ4v) is 1.85. The van der Waals surface area contributed by atoms with Crippen molar-refractivity contribution >= 4 is 6.08 Å². The van der Waals surface area contributed by atoms with Crippen molar-refractivity contribution in [1.82, 2.24) is 0 Å². The highest BCUT2D eigenvalue weighted by Gasteiger charge is 2.37. The van der Waals surface area contributed by atoms with Gasteiger partial charge < -0.3 is 10.2 Å². The average molecular weight is 190 g/mol. The number of aliphatic hydroxyl groups excluding tert-OH is 1. The Morgan fingerprint density at radius 2 is 1.93 bits per heavy atom. The minimum atomic E-state index is -1.14. The number of aliphatic hydroxyl groups is 2. The molecule has 14 heavy (non-hydrogen) atoms. The van der Waals surface area contributed by atoms with Crippen LogP contribution in [0.2, 0.25) is 0 Å². The van der Waals surface area contributed by atoms with Gasteiger partial charge in [0, 0.05) is 5.92 Å². The van der Waals surface area contributed by atoms with Crippen molar-refractivity contribution in [2.75, 3.05) is 0 Å². The minimum Gasteiger partial charge on any atom is -0.509 e. The van der Waals surface area contributed by atoms with Crippen molar-refractivity contribution in [2.24, 2.45) is 0 Å². The van der Waals surface area contributed by atoms with Gasteiger partial charge in [-0.3, -0.25) is 0 Å². The standard InChI is InChI=1S/C12H14O2/c1-8-10-6-4-3-5-9(10)7-11(13)12(8,2)14/h3-8,13-14H,1-2H3. The first-order valence-corrected chi connectivity index (χ1v) is 4.76. The summed E-state index contributed by atoms with van der Waals surface area (Å²) >= 11 is 0. The Hall–Kier alpha value is -1.28. The zero-order chi connectivity index (χ0) is 10.3. The monoisotopic (exact) mass is 190 g/mol. The molecule has 1 aliphatic carbocycles. The predicted octanol–water partition coefficient (Wildman–Crippen LogP) is 2.45. The van der Waals surface area contributed by atoms with Crippen LogP contribution in [0, 0.1) is 0 Å². The maximum atomic E-state index is 10.0. The fraction of sp³-hybridized carbons (Fsp3) is 0.333. The van der Waals surface area contributed by atoms with Gasteiger partial charge in [-0.25, -0.2) is 0 Å². The van der Waals surface area contributed by atoms with E-state index in [4.69, 9.17) is 0 Å². The topological polar surface area (TPSA) is 40.5 Å². The van der Waals surface area contributed by atoms with Crippen LogP contribution in [0.15, 0.2) is 30.0 Å². The van der Waals surface area contributed by atoms with Gasteiger partial charge in [0.1, 0.15) is 11.4 Å². The molecule has 2 heteroatoms. The van der Waals surface area contributed by atoms with E-state index in [-0.39, 0.29) is 11.7 Å². The molecule has 74 valence electrons. The van der Waals surface area contributed by atoms with Crippen molar-refractivity contribution in [3.63, 3.8) is 0 Å². The van der Waals surface area contributed by atoms with Gasteiger partial charge in [-0.15, -0.1) is 0 Å². The summed E-state index contributed by atoms with van der Waals surface area (Å²) in [5, 5.41) is 19.7. The van der Waals surface area contributed by atoms with Gasteiger partial charge in [-0.05, 0) is 24.1 Å². The van der Waals surface area contributed by atoms with Crippen LogP contribution >= 0.6 is 0 Å². The zero-order valence-corrected chi connectivity index (χ0v) is 8.36. The van der Waals surface area contributed by atoms with Gasteiger partial charge in [0.25, 0.3) is 0 Å². The van der Waals surface area contributed by atoms with E-state index in [1.54, 1.807) is 13.0 Å². The lowest BCUT2D eigenvalue weighted by Crippen LogP contribution is -2.36. The maximum Gasteiger partial charge on any atom is 0.125 e. The first-order chi connectivity index (χ1) is 6.53. The molecule has 2 nitrogen and oxygen atoms in total. The first-order valence-electron chi connectivity index (χ1n) is 4.76. The van der Waals surface area contributed by atoms with Crippen LogP contribution in [0.3, 0.4) is 0 Å². The first kappa shape index (κ1) is 9.28. The molecule has 1 aliphatic rings. The highest BCUT2D eigenvalue weighted by atomic mass is 16.3. The SMILES string of the molecule is CC1c2ccccc2C=C(O)C1(C)O. The quantitative estimate of drug-likeness (QED) is 0.659. The molecule has 0 fully saturated rings. The molecule has 1 aromatic carbocycles.